The van der Waals surface area contributed by atoms with Crippen molar-refractivity contribution in [1.82, 2.24) is 4.98 Å². The largest absolute Gasteiger partial charge is 0.481 e. The van der Waals surface area contributed by atoms with E-state index in [4.69, 9.17) is 14.2 Å². The van der Waals surface area contributed by atoms with Gasteiger partial charge in [0, 0.05) is 17.8 Å². The number of benzene rings is 1. The minimum atomic E-state index is -4.77. The standard InChI is InChI=1S/C23H27F4N3O5/c1-11-10-28-20(33-7)12(2)18(11)30-19(31)14-8-15(24)16(29-21(32)35-22(4,5)6)9-17(14)34-13(3)23(25,26)27/h8-10,13H,1-7H3,(H,29,32)(H,28,30,31). The fourth-order valence-electron chi connectivity index (χ4n) is 2.89. The minimum absolute atomic E-state index is 0.219. The average Bonchev–Trinajstić information content (AvgIpc) is 2.71. The topological polar surface area (TPSA) is 98.8 Å². The fourth-order valence-corrected chi connectivity index (χ4v) is 2.89. The van der Waals surface area contributed by atoms with Gasteiger partial charge in [0.15, 0.2) is 6.10 Å². The molecule has 2 amide bonds. The molecule has 2 N–H and O–H groups in total. The average molecular weight is 501 g/mol. The fraction of sp³-hybridized carbons (Fsp3) is 0.435. The van der Waals surface area contributed by atoms with Gasteiger partial charge in [-0.15, -0.1) is 0 Å². The van der Waals surface area contributed by atoms with Crippen LogP contribution in [0.5, 0.6) is 11.6 Å². The monoisotopic (exact) mass is 501 g/mol. The number of anilines is 2. The zero-order valence-corrected chi connectivity index (χ0v) is 20.3. The second-order valence-electron chi connectivity index (χ2n) is 8.66. The van der Waals surface area contributed by atoms with Crippen molar-refractivity contribution in [2.45, 2.75) is 59.4 Å². The zero-order chi connectivity index (χ0) is 26.7. The second-order valence-corrected chi connectivity index (χ2v) is 8.66. The number of hydrogen-bond donors (Lipinski definition) is 2. The van der Waals surface area contributed by atoms with Crippen LogP contribution < -0.4 is 20.1 Å². The predicted octanol–water partition coefficient (Wildman–Crippen LogP) is 5.78. The van der Waals surface area contributed by atoms with Crippen molar-refractivity contribution in [2.75, 3.05) is 17.7 Å². The Morgan fingerprint density at radius 1 is 1.09 bits per heavy atom. The van der Waals surface area contributed by atoms with E-state index < -0.39 is 52.7 Å². The molecule has 35 heavy (non-hydrogen) atoms. The number of alkyl halides is 3. The van der Waals surface area contributed by atoms with E-state index in [-0.39, 0.29) is 11.6 Å². The van der Waals surface area contributed by atoms with Gasteiger partial charge in [0.2, 0.25) is 5.88 Å². The van der Waals surface area contributed by atoms with Crippen LogP contribution in [0.1, 0.15) is 49.2 Å². The molecule has 0 saturated heterocycles. The maximum absolute atomic E-state index is 14.8. The summed E-state index contributed by atoms with van der Waals surface area (Å²) in [6, 6.07) is 1.47. The number of amides is 2. The highest BCUT2D eigenvalue weighted by Gasteiger charge is 2.39. The number of carbonyl (C=O) groups is 2. The molecular weight excluding hydrogens is 474 g/mol. The number of methoxy groups -OCH3 is 1. The van der Waals surface area contributed by atoms with Gasteiger partial charge in [0.05, 0.1) is 24.0 Å². The van der Waals surface area contributed by atoms with Crippen molar-refractivity contribution >= 4 is 23.4 Å². The summed E-state index contributed by atoms with van der Waals surface area (Å²) in [6.07, 6.45) is -6.72. The van der Waals surface area contributed by atoms with Gasteiger partial charge in [-0.2, -0.15) is 13.2 Å². The first-order valence-electron chi connectivity index (χ1n) is 10.4. The third kappa shape index (κ3) is 7.20. The molecule has 1 heterocycles. The minimum Gasteiger partial charge on any atom is -0.481 e. The van der Waals surface area contributed by atoms with Crippen molar-refractivity contribution in [3.05, 3.63) is 40.8 Å². The Balaban J connectivity index is 2.50. The molecule has 0 aliphatic heterocycles. The van der Waals surface area contributed by atoms with E-state index in [1.807, 2.05) is 0 Å². The van der Waals surface area contributed by atoms with Gasteiger partial charge in [-0.05, 0) is 53.2 Å². The number of halogens is 4. The Kier molecular flexibility index (Phi) is 8.19. The normalized spacial score (nSPS) is 12.5. The SMILES string of the molecule is COc1ncc(C)c(NC(=O)c2cc(F)c(NC(=O)OC(C)(C)C)cc2OC(C)C(F)(F)F)c1C. The van der Waals surface area contributed by atoms with Crippen LogP contribution >= 0.6 is 0 Å². The molecule has 2 aromatic rings. The summed E-state index contributed by atoms with van der Waals surface area (Å²) >= 11 is 0. The van der Waals surface area contributed by atoms with Gasteiger partial charge >= 0.3 is 12.3 Å². The summed E-state index contributed by atoms with van der Waals surface area (Å²) in [5.41, 5.74) is -0.692. The number of hydrogen-bond acceptors (Lipinski definition) is 6. The van der Waals surface area contributed by atoms with Gasteiger partial charge < -0.3 is 19.5 Å². The zero-order valence-electron chi connectivity index (χ0n) is 20.3. The van der Waals surface area contributed by atoms with E-state index in [0.717, 1.165) is 13.0 Å². The van der Waals surface area contributed by atoms with E-state index >= 15 is 0 Å². The first kappa shape index (κ1) is 27.7. The van der Waals surface area contributed by atoms with Gasteiger partial charge in [0.25, 0.3) is 5.91 Å². The Labute approximate surface area is 200 Å². The summed E-state index contributed by atoms with van der Waals surface area (Å²) in [5, 5.41) is 4.66. The van der Waals surface area contributed by atoms with Crippen LogP contribution in [0.3, 0.4) is 0 Å². The molecular formula is C23H27F4N3O5. The molecule has 0 aliphatic carbocycles. The van der Waals surface area contributed by atoms with Crippen LogP contribution in [0.25, 0.3) is 0 Å². The molecule has 0 fully saturated rings. The molecule has 0 spiro atoms. The first-order chi connectivity index (χ1) is 16.0. The van der Waals surface area contributed by atoms with Crippen LogP contribution in [0.2, 0.25) is 0 Å². The van der Waals surface area contributed by atoms with Crippen molar-refractivity contribution in [3.8, 4) is 11.6 Å². The summed E-state index contributed by atoms with van der Waals surface area (Å²) in [4.78, 5) is 29.1. The van der Waals surface area contributed by atoms with Crippen LogP contribution in [0, 0.1) is 19.7 Å². The Bertz CT molecular complexity index is 1110. The lowest BCUT2D eigenvalue weighted by Crippen LogP contribution is -2.32. The van der Waals surface area contributed by atoms with Gasteiger partial charge in [-0.3, -0.25) is 10.1 Å². The molecule has 8 nitrogen and oxygen atoms in total. The number of aromatic nitrogens is 1. The number of ether oxygens (including phenoxy) is 3. The lowest BCUT2D eigenvalue weighted by atomic mass is 10.1. The smallest absolute Gasteiger partial charge is 0.425 e. The van der Waals surface area contributed by atoms with Gasteiger partial charge in [0.1, 0.15) is 17.2 Å². The highest BCUT2D eigenvalue weighted by atomic mass is 19.4. The number of nitrogens with one attached hydrogen (secondary N) is 2. The first-order valence-corrected chi connectivity index (χ1v) is 10.4. The molecule has 192 valence electrons. The van der Waals surface area contributed by atoms with E-state index in [2.05, 4.69) is 15.6 Å². The lowest BCUT2D eigenvalue weighted by molar-refractivity contribution is -0.189. The van der Waals surface area contributed by atoms with Crippen LogP contribution in [-0.2, 0) is 4.74 Å². The molecule has 0 saturated carbocycles. The van der Waals surface area contributed by atoms with Crippen LogP contribution in [0.4, 0.5) is 33.7 Å². The van der Waals surface area contributed by atoms with Crippen molar-refractivity contribution in [1.29, 1.82) is 0 Å². The lowest BCUT2D eigenvalue weighted by Gasteiger charge is -2.22. The Hall–Kier alpha value is -3.57. The molecule has 1 aromatic carbocycles. The highest BCUT2D eigenvalue weighted by Crippen LogP contribution is 2.33. The molecule has 12 heteroatoms. The van der Waals surface area contributed by atoms with E-state index in [9.17, 15) is 27.2 Å². The number of aryl methyl sites for hydroxylation is 1. The predicted molar refractivity (Wildman–Crippen MR) is 121 cm³/mol. The number of rotatable bonds is 6. The molecule has 2 rings (SSSR count). The Morgan fingerprint density at radius 3 is 2.26 bits per heavy atom. The van der Waals surface area contributed by atoms with Crippen LogP contribution in [-0.4, -0.2) is 42.0 Å². The second kappa shape index (κ2) is 10.4. The van der Waals surface area contributed by atoms with E-state index in [1.165, 1.54) is 13.3 Å². The van der Waals surface area contributed by atoms with E-state index in [1.54, 1.807) is 34.6 Å². The summed E-state index contributed by atoms with van der Waals surface area (Å²) < 4.78 is 69.5. The third-order valence-corrected chi connectivity index (χ3v) is 4.61. The quantitative estimate of drug-likeness (QED) is 0.488. The maximum Gasteiger partial charge on any atom is 0.425 e. The van der Waals surface area contributed by atoms with Gasteiger partial charge in [-0.1, -0.05) is 0 Å². The number of pyridine rings is 1. The molecule has 1 aromatic heterocycles. The van der Waals surface area contributed by atoms with Crippen molar-refractivity contribution in [2.24, 2.45) is 0 Å². The van der Waals surface area contributed by atoms with Crippen LogP contribution in [0.15, 0.2) is 18.3 Å². The van der Waals surface area contributed by atoms with Crippen molar-refractivity contribution in [3.63, 3.8) is 0 Å². The summed E-state index contributed by atoms with van der Waals surface area (Å²) in [5.74, 6) is -2.42. The molecule has 1 unspecified atom stereocenters. The molecule has 0 bridgehead atoms. The maximum atomic E-state index is 14.8. The number of carbonyl (C=O) groups excluding carboxylic acids is 2. The van der Waals surface area contributed by atoms with Gasteiger partial charge in [-0.25, -0.2) is 14.2 Å². The number of nitrogens with zero attached hydrogens (tertiary/aromatic N) is 1. The molecule has 0 aliphatic rings. The summed E-state index contributed by atoms with van der Waals surface area (Å²) in [6.45, 7) is 8.72. The Morgan fingerprint density at radius 2 is 1.71 bits per heavy atom. The van der Waals surface area contributed by atoms with Crippen molar-refractivity contribution < 1.29 is 41.4 Å². The molecule has 1 atom stereocenters. The van der Waals surface area contributed by atoms with E-state index in [0.29, 0.717) is 17.2 Å². The molecule has 0 radical (unpaired) electrons. The highest BCUT2D eigenvalue weighted by molar-refractivity contribution is 6.07. The summed E-state index contributed by atoms with van der Waals surface area (Å²) in [7, 11) is 1.38. The third-order valence-electron chi connectivity index (χ3n) is 4.61.